The highest BCUT2D eigenvalue weighted by molar-refractivity contribution is 5.85. The normalized spacial score (nSPS) is 16.3. The van der Waals surface area contributed by atoms with Crippen LogP contribution in [0.3, 0.4) is 0 Å². The topological polar surface area (TPSA) is 62.4 Å². The lowest BCUT2D eigenvalue weighted by atomic mass is 10.2. The van der Waals surface area contributed by atoms with E-state index in [4.69, 9.17) is 4.74 Å². The number of carbonyl (C=O) groups is 1. The summed E-state index contributed by atoms with van der Waals surface area (Å²) in [5.41, 5.74) is 0.833. The van der Waals surface area contributed by atoms with Gasteiger partial charge in [-0.25, -0.2) is 0 Å². The third-order valence-corrected chi connectivity index (χ3v) is 3.25. The van der Waals surface area contributed by atoms with Gasteiger partial charge in [0.05, 0.1) is 19.3 Å². The van der Waals surface area contributed by atoms with Crippen molar-refractivity contribution in [3.8, 4) is 5.75 Å². The summed E-state index contributed by atoms with van der Waals surface area (Å²) < 4.78 is 5.21. The van der Waals surface area contributed by atoms with Gasteiger partial charge in [-0.2, -0.15) is 0 Å². The largest absolute Gasteiger partial charge is 0.495 e. The second-order valence-corrected chi connectivity index (χ2v) is 4.65. The van der Waals surface area contributed by atoms with E-state index in [1.165, 1.54) is 6.42 Å². The third-order valence-electron chi connectivity index (χ3n) is 3.25. The van der Waals surface area contributed by atoms with Gasteiger partial charge in [0.25, 0.3) is 0 Å². The molecule has 1 aromatic carbocycles. The number of ether oxygens (including phenoxy) is 1. The first-order chi connectivity index (χ1) is 9.29. The van der Waals surface area contributed by atoms with Crippen molar-refractivity contribution in [1.82, 2.24) is 10.6 Å². The van der Waals surface area contributed by atoms with Gasteiger partial charge >= 0.3 is 0 Å². The molecule has 1 atom stereocenters. The molecule has 0 aromatic heterocycles. The van der Waals surface area contributed by atoms with Crippen molar-refractivity contribution in [3.05, 3.63) is 24.3 Å². The third kappa shape index (κ3) is 6.42. The van der Waals surface area contributed by atoms with E-state index in [0.29, 0.717) is 12.6 Å². The highest BCUT2D eigenvalue weighted by Gasteiger charge is 2.14. The van der Waals surface area contributed by atoms with Gasteiger partial charge in [-0.15, -0.1) is 24.8 Å². The van der Waals surface area contributed by atoms with Crippen molar-refractivity contribution >= 4 is 36.4 Å². The van der Waals surface area contributed by atoms with Crippen LogP contribution in [0.15, 0.2) is 24.3 Å². The Labute approximate surface area is 138 Å². The number of hydrogen-bond acceptors (Lipinski definition) is 4. The van der Waals surface area contributed by atoms with Crippen LogP contribution in [0.5, 0.6) is 5.75 Å². The van der Waals surface area contributed by atoms with Gasteiger partial charge in [-0.05, 0) is 31.5 Å². The Morgan fingerprint density at radius 2 is 2.14 bits per heavy atom. The summed E-state index contributed by atoms with van der Waals surface area (Å²) in [4.78, 5) is 11.7. The van der Waals surface area contributed by atoms with Crippen LogP contribution in [0.2, 0.25) is 0 Å². The number of anilines is 1. The van der Waals surface area contributed by atoms with Crippen LogP contribution < -0.4 is 20.7 Å². The standard InChI is InChI=1S/C14H21N3O2.2ClH/c1-19-13-7-3-2-6-12(13)16-10-14(18)17-9-11-5-4-8-15-11;;/h2-3,6-7,11,15-16H,4-5,8-10H2,1H3,(H,17,18);2*1H. The van der Waals surface area contributed by atoms with E-state index in [0.717, 1.165) is 24.4 Å². The Bertz CT molecular complexity index is 426. The summed E-state index contributed by atoms with van der Waals surface area (Å²) in [5.74, 6) is 0.743. The van der Waals surface area contributed by atoms with Crippen molar-refractivity contribution in [1.29, 1.82) is 0 Å². The molecule has 1 saturated heterocycles. The van der Waals surface area contributed by atoms with E-state index in [2.05, 4.69) is 16.0 Å². The molecular weight excluding hydrogens is 313 g/mol. The molecule has 0 spiro atoms. The molecule has 7 heteroatoms. The van der Waals surface area contributed by atoms with Crippen LogP contribution in [-0.4, -0.2) is 38.7 Å². The fraction of sp³-hybridized carbons (Fsp3) is 0.500. The fourth-order valence-electron chi connectivity index (χ4n) is 2.20. The highest BCUT2D eigenvalue weighted by Crippen LogP contribution is 2.22. The summed E-state index contributed by atoms with van der Waals surface area (Å²) in [5, 5.41) is 9.36. The zero-order valence-electron chi connectivity index (χ0n) is 12.1. The van der Waals surface area contributed by atoms with Gasteiger partial charge in [0.1, 0.15) is 5.75 Å². The number of para-hydroxylation sites is 2. The van der Waals surface area contributed by atoms with Crippen LogP contribution in [0.25, 0.3) is 0 Å². The molecule has 1 amide bonds. The molecule has 21 heavy (non-hydrogen) atoms. The van der Waals surface area contributed by atoms with Crippen molar-refractivity contribution in [2.24, 2.45) is 0 Å². The molecule has 5 nitrogen and oxygen atoms in total. The van der Waals surface area contributed by atoms with Crippen LogP contribution in [0.4, 0.5) is 5.69 Å². The monoisotopic (exact) mass is 335 g/mol. The molecule has 1 aliphatic rings. The first-order valence-corrected chi connectivity index (χ1v) is 6.66. The molecule has 0 aliphatic carbocycles. The molecule has 1 aliphatic heterocycles. The van der Waals surface area contributed by atoms with Gasteiger partial charge in [0, 0.05) is 12.6 Å². The smallest absolute Gasteiger partial charge is 0.239 e. The van der Waals surface area contributed by atoms with E-state index >= 15 is 0 Å². The quantitative estimate of drug-likeness (QED) is 0.742. The Morgan fingerprint density at radius 3 is 2.81 bits per heavy atom. The van der Waals surface area contributed by atoms with Crippen molar-refractivity contribution in [2.75, 3.05) is 32.1 Å². The molecule has 3 N–H and O–H groups in total. The SMILES string of the molecule is COc1ccccc1NCC(=O)NCC1CCCN1.Cl.Cl. The maximum absolute atomic E-state index is 11.7. The second-order valence-electron chi connectivity index (χ2n) is 4.65. The van der Waals surface area contributed by atoms with Crippen LogP contribution in [-0.2, 0) is 4.79 Å². The van der Waals surface area contributed by atoms with Crippen molar-refractivity contribution in [3.63, 3.8) is 0 Å². The van der Waals surface area contributed by atoms with E-state index in [-0.39, 0.29) is 37.3 Å². The van der Waals surface area contributed by atoms with Crippen molar-refractivity contribution < 1.29 is 9.53 Å². The Morgan fingerprint density at radius 1 is 1.38 bits per heavy atom. The Hall–Kier alpha value is -1.17. The molecule has 0 radical (unpaired) electrons. The number of nitrogens with one attached hydrogen (secondary N) is 3. The minimum atomic E-state index is -0.000365. The predicted octanol–water partition coefficient (Wildman–Crippen LogP) is 1.82. The molecule has 1 unspecified atom stereocenters. The molecule has 0 bridgehead atoms. The van der Waals surface area contributed by atoms with Gasteiger partial charge in [-0.3, -0.25) is 4.79 Å². The Balaban J connectivity index is 0.00000200. The lowest BCUT2D eigenvalue weighted by molar-refractivity contribution is -0.119. The summed E-state index contributed by atoms with van der Waals surface area (Å²) in [7, 11) is 1.62. The zero-order valence-corrected chi connectivity index (χ0v) is 13.7. The van der Waals surface area contributed by atoms with Gasteiger partial charge in [0.15, 0.2) is 0 Å². The molecule has 1 heterocycles. The van der Waals surface area contributed by atoms with Crippen LogP contribution in [0.1, 0.15) is 12.8 Å². The first-order valence-electron chi connectivity index (χ1n) is 6.66. The maximum Gasteiger partial charge on any atom is 0.239 e. The van der Waals surface area contributed by atoms with Crippen molar-refractivity contribution in [2.45, 2.75) is 18.9 Å². The first kappa shape index (κ1) is 19.8. The fourth-order valence-corrected chi connectivity index (χ4v) is 2.20. The lowest BCUT2D eigenvalue weighted by Gasteiger charge is -2.13. The van der Waals surface area contributed by atoms with Gasteiger partial charge < -0.3 is 20.7 Å². The molecule has 1 aromatic rings. The number of hydrogen-bond donors (Lipinski definition) is 3. The number of benzene rings is 1. The Kier molecular flexibility index (Phi) is 9.95. The van der Waals surface area contributed by atoms with Gasteiger partial charge in [0.2, 0.25) is 5.91 Å². The molecule has 1 fully saturated rings. The zero-order chi connectivity index (χ0) is 13.5. The van der Waals surface area contributed by atoms with Crippen LogP contribution >= 0.6 is 24.8 Å². The predicted molar refractivity (Wildman–Crippen MR) is 90.0 cm³/mol. The number of carbonyl (C=O) groups excluding carboxylic acids is 1. The highest BCUT2D eigenvalue weighted by atomic mass is 35.5. The van der Waals surface area contributed by atoms with E-state index < -0.39 is 0 Å². The maximum atomic E-state index is 11.7. The molecule has 2 rings (SSSR count). The summed E-state index contributed by atoms with van der Waals surface area (Å²) in [6, 6.07) is 7.99. The number of methoxy groups -OCH3 is 1. The number of halogens is 2. The number of amides is 1. The van der Waals surface area contributed by atoms with Crippen LogP contribution in [0, 0.1) is 0 Å². The average Bonchev–Trinajstić information content (AvgIpc) is 2.96. The molecular formula is C14H23Cl2N3O2. The molecule has 0 saturated carbocycles. The average molecular weight is 336 g/mol. The molecule has 120 valence electrons. The summed E-state index contributed by atoms with van der Waals surface area (Å²) >= 11 is 0. The second kappa shape index (κ2) is 10.5. The van der Waals surface area contributed by atoms with E-state index in [1.54, 1.807) is 7.11 Å². The lowest BCUT2D eigenvalue weighted by Crippen LogP contribution is -2.39. The number of rotatable bonds is 6. The minimum Gasteiger partial charge on any atom is -0.495 e. The van der Waals surface area contributed by atoms with E-state index in [9.17, 15) is 4.79 Å². The summed E-state index contributed by atoms with van der Waals surface area (Å²) in [6.07, 6.45) is 2.33. The minimum absolute atomic E-state index is 0. The summed E-state index contributed by atoms with van der Waals surface area (Å²) in [6.45, 7) is 2.01. The van der Waals surface area contributed by atoms with Gasteiger partial charge in [-0.1, -0.05) is 12.1 Å². The van der Waals surface area contributed by atoms with E-state index in [1.807, 2.05) is 24.3 Å².